The van der Waals surface area contributed by atoms with Gasteiger partial charge in [-0.05, 0) is 78.0 Å². The largest absolute Gasteiger partial charge is 0.493 e. The van der Waals surface area contributed by atoms with Crippen LogP contribution in [0.2, 0.25) is 0 Å². The molecule has 0 fully saturated rings. The molecular formula is C20H20BrNO4. The van der Waals surface area contributed by atoms with Crippen LogP contribution in [-0.4, -0.2) is 11.2 Å². The summed E-state index contributed by atoms with van der Waals surface area (Å²) in [5, 5.41) is 0.395. The van der Waals surface area contributed by atoms with Gasteiger partial charge in [0, 0.05) is 11.0 Å². The summed E-state index contributed by atoms with van der Waals surface area (Å²) in [5.74, 6) is 0.192. The van der Waals surface area contributed by atoms with Crippen LogP contribution < -0.4 is 16.1 Å². The molecule has 3 aromatic rings. The van der Waals surface area contributed by atoms with Crippen LogP contribution in [0.3, 0.4) is 0 Å². The van der Waals surface area contributed by atoms with E-state index in [0.29, 0.717) is 34.9 Å². The van der Waals surface area contributed by atoms with Crippen LogP contribution in [0.5, 0.6) is 5.75 Å². The third-order valence-electron chi connectivity index (χ3n) is 4.23. The van der Waals surface area contributed by atoms with Crippen molar-refractivity contribution < 1.29 is 9.15 Å². The van der Waals surface area contributed by atoms with E-state index in [9.17, 15) is 9.59 Å². The molecule has 0 amide bonds. The molecular weight excluding hydrogens is 398 g/mol. The molecule has 0 atom stereocenters. The van der Waals surface area contributed by atoms with Crippen LogP contribution >= 0.6 is 15.9 Å². The van der Waals surface area contributed by atoms with Crippen molar-refractivity contribution in [1.29, 1.82) is 0 Å². The molecule has 0 aliphatic rings. The van der Waals surface area contributed by atoms with E-state index in [4.69, 9.17) is 9.15 Å². The molecule has 1 heterocycles. The van der Waals surface area contributed by atoms with E-state index < -0.39 is 11.4 Å². The van der Waals surface area contributed by atoms with Crippen molar-refractivity contribution >= 4 is 26.8 Å². The van der Waals surface area contributed by atoms with Crippen molar-refractivity contribution in [1.82, 2.24) is 4.57 Å². The molecule has 5 nitrogen and oxygen atoms in total. The quantitative estimate of drug-likeness (QED) is 0.585. The van der Waals surface area contributed by atoms with Gasteiger partial charge in [-0.3, -0.25) is 4.57 Å². The standard InChI is InChI=1S/C20H20BrNO4/c1-12-5-6-14(3)17(11-12)25-8-4-7-22-18-15(19(23)26-20(22)24)9-13(2)10-16(18)21/h5-6,9-11H,4,7-8H2,1-3H3. The van der Waals surface area contributed by atoms with Crippen LogP contribution in [0.1, 0.15) is 23.1 Å². The van der Waals surface area contributed by atoms with E-state index in [1.807, 2.05) is 45.0 Å². The zero-order valence-corrected chi connectivity index (χ0v) is 16.6. The summed E-state index contributed by atoms with van der Waals surface area (Å²) in [6, 6.07) is 9.67. The van der Waals surface area contributed by atoms with Gasteiger partial charge in [-0.25, -0.2) is 9.59 Å². The minimum atomic E-state index is -0.654. The number of halogens is 1. The maximum atomic E-state index is 12.2. The SMILES string of the molecule is Cc1ccc(C)c(OCCCn2c(=O)oc(=O)c3cc(C)cc(Br)c32)c1. The molecule has 0 spiro atoms. The monoisotopic (exact) mass is 417 g/mol. The summed E-state index contributed by atoms with van der Waals surface area (Å²) < 4.78 is 12.9. The highest BCUT2D eigenvalue weighted by atomic mass is 79.9. The number of rotatable bonds is 5. The maximum absolute atomic E-state index is 12.2. The van der Waals surface area contributed by atoms with Crippen LogP contribution in [0.25, 0.3) is 10.9 Å². The van der Waals surface area contributed by atoms with Crippen molar-refractivity contribution in [2.45, 2.75) is 33.7 Å². The second kappa shape index (κ2) is 7.50. The van der Waals surface area contributed by atoms with Gasteiger partial charge in [-0.2, -0.15) is 0 Å². The molecule has 0 radical (unpaired) electrons. The molecule has 0 saturated heterocycles. The lowest BCUT2D eigenvalue weighted by molar-refractivity contribution is 0.294. The lowest BCUT2D eigenvalue weighted by Crippen LogP contribution is -2.26. The van der Waals surface area contributed by atoms with Gasteiger partial charge in [0.1, 0.15) is 5.75 Å². The van der Waals surface area contributed by atoms with E-state index in [2.05, 4.69) is 15.9 Å². The van der Waals surface area contributed by atoms with Gasteiger partial charge in [0.25, 0.3) is 0 Å². The first kappa shape index (κ1) is 18.5. The predicted molar refractivity (Wildman–Crippen MR) is 105 cm³/mol. The lowest BCUT2D eigenvalue weighted by atomic mass is 10.1. The molecule has 0 N–H and O–H groups in total. The molecule has 1 aromatic heterocycles. The number of benzene rings is 2. The highest BCUT2D eigenvalue weighted by Crippen LogP contribution is 2.23. The second-order valence-electron chi connectivity index (χ2n) is 6.42. The van der Waals surface area contributed by atoms with E-state index in [1.165, 1.54) is 4.57 Å². The fraction of sp³-hybridized carbons (Fsp3) is 0.300. The third-order valence-corrected chi connectivity index (χ3v) is 4.83. The zero-order valence-electron chi connectivity index (χ0n) is 15.0. The Kier molecular flexibility index (Phi) is 5.32. The number of ether oxygens (including phenoxy) is 1. The highest BCUT2D eigenvalue weighted by molar-refractivity contribution is 9.10. The van der Waals surface area contributed by atoms with Gasteiger partial charge in [-0.1, -0.05) is 12.1 Å². The minimum absolute atomic E-state index is 0.394. The Morgan fingerprint density at radius 3 is 2.62 bits per heavy atom. The van der Waals surface area contributed by atoms with E-state index in [-0.39, 0.29) is 0 Å². The molecule has 2 aromatic carbocycles. The number of aryl methyl sites for hydroxylation is 4. The Balaban J connectivity index is 1.82. The highest BCUT2D eigenvalue weighted by Gasteiger charge is 2.13. The number of fused-ring (bicyclic) bond motifs is 1. The van der Waals surface area contributed by atoms with Crippen molar-refractivity contribution in [3.63, 3.8) is 0 Å². The molecule has 26 heavy (non-hydrogen) atoms. The Morgan fingerprint density at radius 2 is 1.85 bits per heavy atom. The zero-order chi connectivity index (χ0) is 18.8. The smallest absolute Gasteiger partial charge is 0.422 e. The Labute approximate surface area is 159 Å². The molecule has 136 valence electrons. The number of aromatic nitrogens is 1. The average Bonchev–Trinajstić information content (AvgIpc) is 2.57. The first-order chi connectivity index (χ1) is 12.4. The van der Waals surface area contributed by atoms with Gasteiger partial charge >= 0.3 is 11.4 Å². The second-order valence-corrected chi connectivity index (χ2v) is 7.28. The first-order valence-corrected chi connectivity index (χ1v) is 9.20. The van der Waals surface area contributed by atoms with E-state index in [0.717, 1.165) is 22.4 Å². The summed E-state index contributed by atoms with van der Waals surface area (Å²) in [7, 11) is 0. The van der Waals surface area contributed by atoms with Crippen molar-refractivity contribution in [3.8, 4) is 5.75 Å². The topological polar surface area (TPSA) is 61.4 Å². The fourth-order valence-electron chi connectivity index (χ4n) is 2.92. The summed E-state index contributed by atoms with van der Waals surface area (Å²) in [6.45, 7) is 6.76. The summed E-state index contributed by atoms with van der Waals surface area (Å²) in [5.41, 5.74) is 3.07. The molecule has 0 aliphatic carbocycles. The molecule has 0 unspecified atom stereocenters. The fourth-order valence-corrected chi connectivity index (χ4v) is 3.70. The number of hydrogen-bond acceptors (Lipinski definition) is 4. The Morgan fingerprint density at radius 1 is 1.08 bits per heavy atom. The van der Waals surface area contributed by atoms with E-state index >= 15 is 0 Å². The van der Waals surface area contributed by atoms with Crippen LogP contribution in [0.15, 0.2) is 48.8 Å². The summed E-state index contributed by atoms with van der Waals surface area (Å²) >= 11 is 3.46. The Bertz CT molecular complexity index is 1080. The molecule has 3 rings (SSSR count). The van der Waals surface area contributed by atoms with Crippen LogP contribution in [0.4, 0.5) is 0 Å². The normalized spacial score (nSPS) is 11.1. The van der Waals surface area contributed by atoms with Gasteiger partial charge in [0.15, 0.2) is 0 Å². The van der Waals surface area contributed by atoms with Crippen molar-refractivity contribution in [2.24, 2.45) is 0 Å². The maximum Gasteiger partial charge on any atom is 0.422 e. The van der Waals surface area contributed by atoms with Gasteiger partial charge < -0.3 is 9.15 Å². The predicted octanol–water partition coefficient (Wildman–Crippen LogP) is 4.11. The third kappa shape index (κ3) is 3.75. The first-order valence-electron chi connectivity index (χ1n) is 8.40. The van der Waals surface area contributed by atoms with E-state index in [1.54, 1.807) is 6.07 Å². The van der Waals surface area contributed by atoms with Crippen molar-refractivity contribution in [3.05, 3.63) is 72.5 Å². The van der Waals surface area contributed by atoms with Crippen molar-refractivity contribution in [2.75, 3.05) is 6.61 Å². The molecule has 0 bridgehead atoms. The average molecular weight is 418 g/mol. The van der Waals surface area contributed by atoms with Crippen LogP contribution in [-0.2, 0) is 6.54 Å². The Hall–Kier alpha value is -2.34. The minimum Gasteiger partial charge on any atom is -0.493 e. The molecule has 6 heteroatoms. The van der Waals surface area contributed by atoms with Gasteiger partial charge in [0.2, 0.25) is 0 Å². The van der Waals surface area contributed by atoms with Gasteiger partial charge in [0.05, 0.1) is 17.5 Å². The summed E-state index contributed by atoms with van der Waals surface area (Å²) in [6.07, 6.45) is 0.608. The number of nitrogens with zero attached hydrogens (tertiary/aromatic N) is 1. The molecule has 0 aliphatic heterocycles. The van der Waals surface area contributed by atoms with Crippen LogP contribution in [0, 0.1) is 20.8 Å². The number of hydrogen-bond donors (Lipinski definition) is 0. The summed E-state index contributed by atoms with van der Waals surface area (Å²) in [4.78, 5) is 24.2. The lowest BCUT2D eigenvalue weighted by Gasteiger charge is -2.12. The van der Waals surface area contributed by atoms with Gasteiger partial charge in [-0.15, -0.1) is 0 Å². The molecule has 0 saturated carbocycles.